The van der Waals surface area contributed by atoms with Crippen molar-refractivity contribution < 1.29 is 23.7 Å². The Morgan fingerprint density at radius 3 is 2.23 bits per heavy atom. The van der Waals surface area contributed by atoms with Gasteiger partial charge in [0.25, 0.3) is 0 Å². The molecule has 0 atom stereocenters. The summed E-state index contributed by atoms with van der Waals surface area (Å²) in [7, 11) is 3.14. The highest BCUT2D eigenvalue weighted by molar-refractivity contribution is 5.93. The number of para-hydroxylation sites is 2. The van der Waals surface area contributed by atoms with Gasteiger partial charge in [0.05, 0.1) is 32.9 Å². The number of rotatable bonds is 9. The molecule has 0 unspecified atom stereocenters. The van der Waals surface area contributed by atoms with Crippen molar-refractivity contribution in [2.24, 2.45) is 0 Å². The standard InChI is InChI=1S/C24H25NO5/c1-4-29-18-10-12-19(13-11-18)30-21-8-6-5-7-20(21)25-24(26)16-17-9-14-22(27-2)23(15-17)28-3/h5-15H,4,16H2,1-3H3,(H,25,26). The van der Waals surface area contributed by atoms with Crippen LogP contribution in [0.25, 0.3) is 0 Å². The number of anilines is 1. The second kappa shape index (κ2) is 10.2. The topological polar surface area (TPSA) is 66.0 Å². The number of methoxy groups -OCH3 is 2. The number of hydrogen-bond acceptors (Lipinski definition) is 5. The van der Waals surface area contributed by atoms with Crippen molar-refractivity contribution in [3.63, 3.8) is 0 Å². The Labute approximate surface area is 176 Å². The van der Waals surface area contributed by atoms with Crippen molar-refractivity contribution in [3.05, 3.63) is 72.3 Å². The molecule has 0 heterocycles. The predicted octanol–water partition coefficient (Wildman–Crippen LogP) is 5.08. The quantitative estimate of drug-likeness (QED) is 0.536. The Kier molecular flexibility index (Phi) is 7.16. The minimum atomic E-state index is -0.162. The first-order valence-corrected chi connectivity index (χ1v) is 9.63. The molecule has 156 valence electrons. The van der Waals surface area contributed by atoms with Crippen molar-refractivity contribution in [1.29, 1.82) is 0 Å². The van der Waals surface area contributed by atoms with E-state index in [0.717, 1.165) is 11.3 Å². The molecule has 0 radical (unpaired) electrons. The van der Waals surface area contributed by atoms with Crippen LogP contribution in [0.2, 0.25) is 0 Å². The van der Waals surface area contributed by atoms with Crippen molar-refractivity contribution in [3.8, 4) is 28.7 Å². The zero-order valence-electron chi connectivity index (χ0n) is 17.3. The van der Waals surface area contributed by atoms with Crippen LogP contribution in [0.15, 0.2) is 66.7 Å². The van der Waals surface area contributed by atoms with Crippen LogP contribution in [-0.2, 0) is 11.2 Å². The molecule has 0 spiro atoms. The molecule has 6 heteroatoms. The van der Waals surface area contributed by atoms with Gasteiger partial charge < -0.3 is 24.3 Å². The van der Waals surface area contributed by atoms with Crippen LogP contribution in [0.1, 0.15) is 12.5 Å². The van der Waals surface area contributed by atoms with Crippen LogP contribution < -0.4 is 24.3 Å². The summed E-state index contributed by atoms with van der Waals surface area (Å²) in [5.74, 6) is 3.03. The summed E-state index contributed by atoms with van der Waals surface area (Å²) in [6.07, 6.45) is 0.192. The third-order valence-corrected chi connectivity index (χ3v) is 4.34. The number of nitrogens with one attached hydrogen (secondary N) is 1. The lowest BCUT2D eigenvalue weighted by Gasteiger charge is -2.13. The largest absolute Gasteiger partial charge is 0.494 e. The average molecular weight is 407 g/mol. The first-order valence-electron chi connectivity index (χ1n) is 9.63. The van der Waals surface area contributed by atoms with Gasteiger partial charge in [-0.25, -0.2) is 0 Å². The van der Waals surface area contributed by atoms with Crippen LogP contribution in [-0.4, -0.2) is 26.7 Å². The van der Waals surface area contributed by atoms with E-state index in [1.165, 1.54) is 0 Å². The van der Waals surface area contributed by atoms with E-state index < -0.39 is 0 Å². The number of benzene rings is 3. The number of hydrogen-bond donors (Lipinski definition) is 1. The Bertz CT molecular complexity index is 985. The Morgan fingerprint density at radius 2 is 1.53 bits per heavy atom. The van der Waals surface area contributed by atoms with Gasteiger partial charge in [0.1, 0.15) is 11.5 Å². The van der Waals surface area contributed by atoms with E-state index in [9.17, 15) is 4.79 Å². The predicted molar refractivity (Wildman–Crippen MR) is 116 cm³/mol. The third-order valence-electron chi connectivity index (χ3n) is 4.34. The number of amides is 1. The summed E-state index contributed by atoms with van der Waals surface area (Å²) < 4.78 is 21.9. The molecule has 1 N–H and O–H groups in total. The smallest absolute Gasteiger partial charge is 0.228 e. The molecular weight excluding hydrogens is 382 g/mol. The minimum absolute atomic E-state index is 0.162. The Morgan fingerprint density at radius 1 is 0.833 bits per heavy atom. The van der Waals surface area contributed by atoms with E-state index >= 15 is 0 Å². The van der Waals surface area contributed by atoms with Crippen molar-refractivity contribution in [2.45, 2.75) is 13.3 Å². The molecule has 1 amide bonds. The second-order valence-electron chi connectivity index (χ2n) is 6.42. The van der Waals surface area contributed by atoms with E-state index in [-0.39, 0.29) is 12.3 Å². The molecule has 0 saturated carbocycles. The van der Waals surface area contributed by atoms with E-state index in [0.29, 0.717) is 35.3 Å². The maximum absolute atomic E-state index is 12.6. The molecular formula is C24H25NO5. The normalized spacial score (nSPS) is 10.2. The highest BCUT2D eigenvalue weighted by Crippen LogP contribution is 2.31. The van der Waals surface area contributed by atoms with Crippen molar-refractivity contribution in [2.75, 3.05) is 26.1 Å². The van der Waals surface area contributed by atoms with Gasteiger partial charge in [0.2, 0.25) is 5.91 Å². The molecule has 3 aromatic carbocycles. The zero-order chi connectivity index (χ0) is 21.3. The molecule has 0 aromatic heterocycles. The molecule has 30 heavy (non-hydrogen) atoms. The van der Waals surface area contributed by atoms with Gasteiger partial charge in [-0.05, 0) is 61.0 Å². The Hall–Kier alpha value is -3.67. The third kappa shape index (κ3) is 5.44. The molecule has 3 rings (SSSR count). The first-order chi connectivity index (χ1) is 14.6. The summed E-state index contributed by atoms with van der Waals surface area (Å²) in [6.45, 7) is 2.54. The molecule has 0 aliphatic heterocycles. The van der Waals surface area contributed by atoms with Crippen LogP contribution in [0.5, 0.6) is 28.7 Å². The van der Waals surface area contributed by atoms with Gasteiger partial charge in [0.15, 0.2) is 17.2 Å². The summed E-state index contributed by atoms with van der Waals surface area (Å²) >= 11 is 0. The second-order valence-corrected chi connectivity index (χ2v) is 6.42. The molecule has 3 aromatic rings. The molecule has 0 aliphatic carbocycles. The molecule has 0 aliphatic rings. The Balaban J connectivity index is 1.69. The van der Waals surface area contributed by atoms with Gasteiger partial charge in [-0.15, -0.1) is 0 Å². The van der Waals surface area contributed by atoms with E-state index in [1.807, 2.05) is 55.5 Å². The summed E-state index contributed by atoms with van der Waals surface area (Å²) in [5.41, 5.74) is 1.41. The maximum atomic E-state index is 12.6. The van der Waals surface area contributed by atoms with Crippen LogP contribution in [0.4, 0.5) is 5.69 Å². The molecule has 6 nitrogen and oxygen atoms in total. The van der Waals surface area contributed by atoms with Gasteiger partial charge in [0, 0.05) is 0 Å². The lowest BCUT2D eigenvalue weighted by molar-refractivity contribution is -0.115. The average Bonchev–Trinajstić information content (AvgIpc) is 2.76. The van der Waals surface area contributed by atoms with Gasteiger partial charge >= 0.3 is 0 Å². The van der Waals surface area contributed by atoms with Crippen LogP contribution >= 0.6 is 0 Å². The van der Waals surface area contributed by atoms with Crippen LogP contribution in [0.3, 0.4) is 0 Å². The van der Waals surface area contributed by atoms with Gasteiger partial charge in [-0.2, -0.15) is 0 Å². The number of carbonyl (C=O) groups excluding carboxylic acids is 1. The van der Waals surface area contributed by atoms with E-state index in [1.54, 1.807) is 32.4 Å². The van der Waals surface area contributed by atoms with Gasteiger partial charge in [-0.3, -0.25) is 4.79 Å². The van der Waals surface area contributed by atoms with Crippen molar-refractivity contribution in [1.82, 2.24) is 0 Å². The highest BCUT2D eigenvalue weighted by Gasteiger charge is 2.11. The fourth-order valence-corrected chi connectivity index (χ4v) is 2.93. The van der Waals surface area contributed by atoms with E-state index in [4.69, 9.17) is 18.9 Å². The number of carbonyl (C=O) groups is 1. The molecule has 0 saturated heterocycles. The van der Waals surface area contributed by atoms with Crippen molar-refractivity contribution >= 4 is 11.6 Å². The summed E-state index contributed by atoms with van der Waals surface area (Å²) in [6, 6.07) is 20.1. The fourth-order valence-electron chi connectivity index (χ4n) is 2.93. The van der Waals surface area contributed by atoms with Gasteiger partial charge in [-0.1, -0.05) is 18.2 Å². The highest BCUT2D eigenvalue weighted by atomic mass is 16.5. The monoisotopic (exact) mass is 407 g/mol. The van der Waals surface area contributed by atoms with E-state index in [2.05, 4.69) is 5.32 Å². The van der Waals surface area contributed by atoms with Crippen LogP contribution in [0, 0.1) is 0 Å². The maximum Gasteiger partial charge on any atom is 0.228 e. The lowest BCUT2D eigenvalue weighted by Crippen LogP contribution is -2.15. The summed E-state index contributed by atoms with van der Waals surface area (Å²) in [4.78, 5) is 12.6. The molecule has 0 fully saturated rings. The minimum Gasteiger partial charge on any atom is -0.494 e. The number of ether oxygens (including phenoxy) is 4. The lowest BCUT2D eigenvalue weighted by atomic mass is 10.1. The molecule has 0 bridgehead atoms. The SMILES string of the molecule is CCOc1ccc(Oc2ccccc2NC(=O)Cc2ccc(OC)c(OC)c2)cc1. The first kappa shape index (κ1) is 21.0. The fraction of sp³-hybridized carbons (Fsp3) is 0.208. The zero-order valence-corrected chi connectivity index (χ0v) is 17.3. The summed E-state index contributed by atoms with van der Waals surface area (Å²) in [5, 5.41) is 2.92.